The van der Waals surface area contributed by atoms with Gasteiger partial charge in [-0.25, -0.2) is 4.79 Å². The van der Waals surface area contributed by atoms with Crippen LogP contribution in [-0.4, -0.2) is 55.1 Å². The number of fused-ring (bicyclic) bond motifs is 1. The number of nitrogens with zero attached hydrogens (tertiary/aromatic N) is 5. The molecule has 0 aliphatic carbocycles. The molecule has 1 aliphatic heterocycles. The molecule has 1 aliphatic rings. The first-order valence-corrected chi connectivity index (χ1v) is 8.39. The van der Waals surface area contributed by atoms with Crippen LogP contribution in [0.4, 0.5) is 0 Å². The van der Waals surface area contributed by atoms with Crippen molar-refractivity contribution in [2.75, 3.05) is 13.1 Å². The van der Waals surface area contributed by atoms with E-state index in [2.05, 4.69) is 15.5 Å². The second-order valence-corrected chi connectivity index (χ2v) is 6.42. The first kappa shape index (κ1) is 16.2. The van der Waals surface area contributed by atoms with Crippen molar-refractivity contribution in [2.24, 2.45) is 5.92 Å². The number of aromatic carboxylic acids is 1. The highest BCUT2D eigenvalue weighted by atomic mass is 16.5. The lowest BCUT2D eigenvalue weighted by Gasteiger charge is -2.32. The van der Waals surface area contributed by atoms with E-state index in [1.807, 2.05) is 18.2 Å². The van der Waals surface area contributed by atoms with E-state index in [1.54, 1.807) is 11.0 Å². The number of carboxylic acid groups (broad SMARTS) is 1. The fourth-order valence-electron chi connectivity index (χ4n) is 3.34. The number of carbonyl (C=O) groups is 2. The Morgan fingerprint density at radius 3 is 2.96 bits per heavy atom. The van der Waals surface area contributed by atoms with E-state index in [1.165, 1.54) is 10.9 Å². The van der Waals surface area contributed by atoms with Crippen LogP contribution in [0.1, 0.15) is 33.9 Å². The molecular formula is C17H17N5O4. The molecule has 4 rings (SSSR count). The first-order valence-electron chi connectivity index (χ1n) is 8.39. The fraction of sp³-hybridized carbons (Fsp3) is 0.353. The number of carboxylic acids is 1. The van der Waals surface area contributed by atoms with E-state index in [0.29, 0.717) is 30.5 Å². The number of carbonyl (C=O) groups excluding carboxylic acids is 1. The van der Waals surface area contributed by atoms with E-state index < -0.39 is 5.97 Å². The Morgan fingerprint density at radius 2 is 2.15 bits per heavy atom. The molecule has 1 atom stereocenters. The van der Waals surface area contributed by atoms with Gasteiger partial charge >= 0.3 is 5.97 Å². The van der Waals surface area contributed by atoms with Gasteiger partial charge in [-0.3, -0.25) is 9.48 Å². The molecule has 1 saturated heterocycles. The van der Waals surface area contributed by atoms with Gasteiger partial charge in [-0.1, -0.05) is 22.5 Å². The summed E-state index contributed by atoms with van der Waals surface area (Å²) in [4.78, 5) is 25.5. The molecule has 0 bridgehead atoms. The molecule has 134 valence electrons. The predicted molar refractivity (Wildman–Crippen MR) is 89.6 cm³/mol. The molecule has 1 N–H and O–H groups in total. The van der Waals surface area contributed by atoms with Crippen molar-refractivity contribution < 1.29 is 19.2 Å². The fourth-order valence-corrected chi connectivity index (χ4v) is 3.34. The second-order valence-electron chi connectivity index (χ2n) is 6.42. The Hall–Kier alpha value is -3.23. The van der Waals surface area contributed by atoms with E-state index >= 15 is 0 Å². The number of hydrogen-bond donors (Lipinski definition) is 1. The number of rotatable bonds is 4. The standard InChI is InChI=1S/C17H17N5O4/c23-16(15-12-5-1-2-6-13(12)19-26-15)21-7-3-4-11(8-21)9-22-10-14(17(24)25)18-20-22/h1-2,5-6,10-11H,3-4,7-9H2,(H,24,25)/t11-/m1/s1. The summed E-state index contributed by atoms with van der Waals surface area (Å²) < 4.78 is 6.80. The molecule has 0 saturated carbocycles. The van der Waals surface area contributed by atoms with Crippen LogP contribution in [0.3, 0.4) is 0 Å². The van der Waals surface area contributed by atoms with Crippen LogP contribution in [-0.2, 0) is 6.54 Å². The summed E-state index contributed by atoms with van der Waals surface area (Å²) in [6.45, 7) is 1.72. The van der Waals surface area contributed by atoms with E-state index in [4.69, 9.17) is 9.63 Å². The van der Waals surface area contributed by atoms with Crippen molar-refractivity contribution in [2.45, 2.75) is 19.4 Å². The highest BCUT2D eigenvalue weighted by Crippen LogP contribution is 2.24. The van der Waals surface area contributed by atoms with Gasteiger partial charge in [0.15, 0.2) is 5.69 Å². The van der Waals surface area contributed by atoms with Crippen LogP contribution in [0.5, 0.6) is 0 Å². The molecule has 1 fully saturated rings. The lowest BCUT2D eigenvalue weighted by Crippen LogP contribution is -2.41. The normalized spacial score (nSPS) is 17.5. The van der Waals surface area contributed by atoms with E-state index in [0.717, 1.165) is 12.8 Å². The van der Waals surface area contributed by atoms with E-state index in [9.17, 15) is 9.59 Å². The smallest absolute Gasteiger partial charge is 0.358 e. The summed E-state index contributed by atoms with van der Waals surface area (Å²) in [5.74, 6) is -0.845. The van der Waals surface area contributed by atoms with Crippen LogP contribution in [0, 0.1) is 5.92 Å². The monoisotopic (exact) mass is 355 g/mol. The minimum atomic E-state index is -1.10. The summed E-state index contributed by atoms with van der Waals surface area (Å²) in [7, 11) is 0. The first-order chi connectivity index (χ1) is 12.6. The molecule has 0 unspecified atom stereocenters. The number of piperidine rings is 1. The van der Waals surface area contributed by atoms with Crippen LogP contribution in [0.15, 0.2) is 35.0 Å². The van der Waals surface area contributed by atoms with Crippen LogP contribution < -0.4 is 0 Å². The van der Waals surface area contributed by atoms with Gasteiger partial charge in [-0.2, -0.15) is 0 Å². The highest BCUT2D eigenvalue weighted by molar-refractivity contribution is 6.03. The molecule has 26 heavy (non-hydrogen) atoms. The molecule has 3 aromatic rings. The van der Waals surface area contributed by atoms with Crippen LogP contribution in [0.25, 0.3) is 10.9 Å². The molecule has 9 nitrogen and oxygen atoms in total. The van der Waals surface area contributed by atoms with E-state index in [-0.39, 0.29) is 23.3 Å². The minimum Gasteiger partial charge on any atom is -0.476 e. The van der Waals surface area contributed by atoms with Gasteiger partial charge in [0.25, 0.3) is 5.91 Å². The molecule has 9 heteroatoms. The zero-order chi connectivity index (χ0) is 18.1. The third kappa shape index (κ3) is 3.03. The summed E-state index contributed by atoms with van der Waals surface area (Å²) in [6, 6.07) is 7.32. The van der Waals surface area contributed by atoms with Gasteiger partial charge in [-0.05, 0) is 30.9 Å². The van der Waals surface area contributed by atoms with Crippen molar-refractivity contribution in [3.05, 3.63) is 41.9 Å². The number of aromatic nitrogens is 4. The van der Waals surface area contributed by atoms with Crippen molar-refractivity contribution in [3.8, 4) is 0 Å². The van der Waals surface area contributed by atoms with Gasteiger partial charge in [0.05, 0.1) is 11.6 Å². The van der Waals surface area contributed by atoms with Gasteiger partial charge < -0.3 is 14.5 Å². The lowest BCUT2D eigenvalue weighted by molar-refractivity contribution is 0.0620. The molecule has 0 spiro atoms. The Morgan fingerprint density at radius 1 is 1.31 bits per heavy atom. The van der Waals surface area contributed by atoms with Crippen molar-refractivity contribution in [3.63, 3.8) is 0 Å². The zero-order valence-corrected chi connectivity index (χ0v) is 13.9. The number of hydrogen-bond acceptors (Lipinski definition) is 6. The number of likely N-dealkylation sites (tertiary alicyclic amines) is 1. The third-order valence-electron chi connectivity index (χ3n) is 4.59. The maximum Gasteiger partial charge on any atom is 0.358 e. The predicted octanol–water partition coefficient (Wildman–Crippen LogP) is 1.67. The largest absolute Gasteiger partial charge is 0.476 e. The molecule has 3 heterocycles. The number of benzene rings is 1. The Balaban J connectivity index is 1.47. The van der Waals surface area contributed by atoms with Gasteiger partial charge in [0, 0.05) is 19.6 Å². The average Bonchev–Trinajstić information content (AvgIpc) is 3.28. The van der Waals surface area contributed by atoms with Crippen LogP contribution in [0.2, 0.25) is 0 Å². The zero-order valence-electron chi connectivity index (χ0n) is 13.9. The molecular weight excluding hydrogens is 338 g/mol. The minimum absolute atomic E-state index is 0.0816. The highest BCUT2D eigenvalue weighted by Gasteiger charge is 2.28. The second kappa shape index (κ2) is 6.58. The van der Waals surface area contributed by atoms with Crippen LogP contribution >= 0.6 is 0 Å². The maximum atomic E-state index is 12.8. The summed E-state index contributed by atoms with van der Waals surface area (Å²) in [5, 5.41) is 21.0. The Bertz CT molecular complexity index is 963. The summed E-state index contributed by atoms with van der Waals surface area (Å²) in [5.41, 5.74) is 0.579. The number of amides is 1. The maximum absolute atomic E-state index is 12.8. The summed E-state index contributed by atoms with van der Waals surface area (Å²) >= 11 is 0. The molecule has 1 amide bonds. The summed E-state index contributed by atoms with van der Waals surface area (Å²) in [6.07, 6.45) is 3.21. The molecule has 0 radical (unpaired) electrons. The van der Waals surface area contributed by atoms with Gasteiger partial charge in [0.1, 0.15) is 5.52 Å². The molecule has 2 aromatic heterocycles. The average molecular weight is 355 g/mol. The quantitative estimate of drug-likeness (QED) is 0.757. The lowest BCUT2D eigenvalue weighted by atomic mass is 9.97. The SMILES string of the molecule is O=C(O)c1cn(C[C@@H]2CCCN(C(=O)c3onc4ccccc34)C2)nn1. The van der Waals surface area contributed by atoms with Crippen molar-refractivity contribution in [1.82, 2.24) is 25.1 Å². The molecule has 1 aromatic carbocycles. The topological polar surface area (TPSA) is 114 Å². The third-order valence-corrected chi connectivity index (χ3v) is 4.59. The van der Waals surface area contributed by atoms with Crippen molar-refractivity contribution in [1.29, 1.82) is 0 Å². The van der Waals surface area contributed by atoms with Gasteiger partial charge in [0.2, 0.25) is 5.76 Å². The Labute approximate surface area is 148 Å². The van der Waals surface area contributed by atoms with Crippen molar-refractivity contribution >= 4 is 22.8 Å². The Kier molecular flexibility index (Phi) is 4.11. The van der Waals surface area contributed by atoms with Gasteiger partial charge in [-0.15, -0.1) is 5.10 Å².